The van der Waals surface area contributed by atoms with Gasteiger partial charge in [-0.2, -0.15) is 0 Å². The first-order valence-electron chi connectivity index (χ1n) is 9.15. The normalized spacial score (nSPS) is 17.0. The van der Waals surface area contributed by atoms with Crippen molar-refractivity contribution < 1.29 is 0 Å². The molecule has 1 aliphatic heterocycles. The summed E-state index contributed by atoms with van der Waals surface area (Å²) < 4.78 is 2.51. The molecule has 0 bridgehead atoms. The van der Waals surface area contributed by atoms with Crippen LogP contribution in [0.2, 0.25) is 0 Å². The van der Waals surface area contributed by atoms with E-state index in [-0.39, 0.29) is 10.8 Å². The SMILES string of the molecule is Cc1cccc2c1-n1c(C)cc(-c3ccccc3)c1C(C)(C)C2(C)C. The summed E-state index contributed by atoms with van der Waals surface area (Å²) in [6.45, 7) is 14.1. The van der Waals surface area contributed by atoms with Crippen LogP contribution in [-0.4, -0.2) is 4.57 Å². The van der Waals surface area contributed by atoms with Gasteiger partial charge in [0.15, 0.2) is 0 Å². The molecule has 0 fully saturated rings. The van der Waals surface area contributed by atoms with Crippen LogP contribution in [-0.2, 0) is 10.8 Å². The van der Waals surface area contributed by atoms with E-state index in [4.69, 9.17) is 0 Å². The molecule has 0 saturated heterocycles. The standard InChI is InChI=1S/C24H27N/c1-16-11-10-14-20-21(16)25-17(2)15-19(18-12-8-7-9-13-18)22(25)24(5,6)23(20,3)4/h7-15H,1-6H3. The zero-order valence-corrected chi connectivity index (χ0v) is 16.1. The van der Waals surface area contributed by atoms with Crippen molar-refractivity contribution in [1.82, 2.24) is 4.57 Å². The van der Waals surface area contributed by atoms with Crippen molar-refractivity contribution in [2.24, 2.45) is 0 Å². The summed E-state index contributed by atoms with van der Waals surface area (Å²) in [6.07, 6.45) is 0. The number of benzene rings is 2. The third kappa shape index (κ3) is 2.02. The number of para-hydroxylation sites is 1. The van der Waals surface area contributed by atoms with E-state index in [1.54, 1.807) is 0 Å². The first-order valence-corrected chi connectivity index (χ1v) is 9.15. The van der Waals surface area contributed by atoms with Crippen molar-refractivity contribution in [2.45, 2.75) is 52.4 Å². The van der Waals surface area contributed by atoms with Gasteiger partial charge in [-0.05, 0) is 36.6 Å². The van der Waals surface area contributed by atoms with Crippen LogP contribution >= 0.6 is 0 Å². The lowest BCUT2D eigenvalue weighted by Gasteiger charge is -2.49. The smallest absolute Gasteiger partial charge is 0.0522 e. The zero-order chi connectivity index (χ0) is 18.0. The maximum atomic E-state index is 2.51. The second-order valence-electron chi connectivity index (χ2n) is 8.47. The molecule has 4 rings (SSSR count). The van der Waals surface area contributed by atoms with Gasteiger partial charge < -0.3 is 4.57 Å². The molecule has 1 heteroatoms. The third-order valence-corrected chi connectivity index (χ3v) is 6.56. The Hall–Kier alpha value is -2.28. The quantitative estimate of drug-likeness (QED) is 0.491. The van der Waals surface area contributed by atoms with E-state index < -0.39 is 0 Å². The molecule has 3 aromatic rings. The van der Waals surface area contributed by atoms with E-state index >= 15 is 0 Å². The number of nitrogens with zero attached hydrogens (tertiary/aromatic N) is 1. The van der Waals surface area contributed by atoms with Crippen molar-refractivity contribution in [3.8, 4) is 16.8 Å². The van der Waals surface area contributed by atoms with Gasteiger partial charge in [-0.25, -0.2) is 0 Å². The Labute approximate surface area is 151 Å². The van der Waals surface area contributed by atoms with Crippen molar-refractivity contribution in [1.29, 1.82) is 0 Å². The van der Waals surface area contributed by atoms with Crippen LogP contribution in [0, 0.1) is 13.8 Å². The Morgan fingerprint density at radius 1 is 0.760 bits per heavy atom. The minimum absolute atomic E-state index is 0.0211. The summed E-state index contributed by atoms with van der Waals surface area (Å²) in [7, 11) is 0. The number of hydrogen-bond donors (Lipinski definition) is 0. The van der Waals surface area contributed by atoms with E-state index in [0.29, 0.717) is 0 Å². The lowest BCUT2D eigenvalue weighted by atomic mass is 9.59. The maximum Gasteiger partial charge on any atom is 0.0522 e. The monoisotopic (exact) mass is 329 g/mol. The molecule has 25 heavy (non-hydrogen) atoms. The third-order valence-electron chi connectivity index (χ3n) is 6.56. The number of rotatable bonds is 1. The molecule has 1 aliphatic rings. The summed E-state index contributed by atoms with van der Waals surface area (Å²) in [5, 5.41) is 0. The zero-order valence-electron chi connectivity index (χ0n) is 16.1. The number of aryl methyl sites for hydroxylation is 2. The Kier molecular flexibility index (Phi) is 3.31. The highest BCUT2D eigenvalue weighted by molar-refractivity contribution is 5.74. The van der Waals surface area contributed by atoms with Crippen LogP contribution < -0.4 is 0 Å². The highest BCUT2D eigenvalue weighted by Crippen LogP contribution is 2.54. The second kappa shape index (κ2) is 5.11. The summed E-state index contributed by atoms with van der Waals surface area (Å²) in [5.41, 5.74) is 9.66. The molecule has 0 amide bonds. The number of aromatic nitrogens is 1. The molecular formula is C24H27N. The van der Waals surface area contributed by atoms with Gasteiger partial charge in [-0.15, -0.1) is 0 Å². The van der Waals surface area contributed by atoms with Crippen LogP contribution in [0.1, 0.15) is 50.2 Å². The van der Waals surface area contributed by atoms with E-state index in [9.17, 15) is 0 Å². The van der Waals surface area contributed by atoms with Crippen molar-refractivity contribution in [3.63, 3.8) is 0 Å². The minimum atomic E-state index is 0.0211. The highest BCUT2D eigenvalue weighted by Gasteiger charge is 2.48. The van der Waals surface area contributed by atoms with Crippen LogP contribution in [0.5, 0.6) is 0 Å². The van der Waals surface area contributed by atoms with Gasteiger partial charge in [0, 0.05) is 27.8 Å². The Morgan fingerprint density at radius 2 is 1.44 bits per heavy atom. The molecule has 0 radical (unpaired) electrons. The van der Waals surface area contributed by atoms with Gasteiger partial charge in [0.05, 0.1) is 5.69 Å². The van der Waals surface area contributed by atoms with Crippen molar-refractivity contribution >= 4 is 0 Å². The molecule has 128 valence electrons. The first-order chi connectivity index (χ1) is 11.8. The summed E-state index contributed by atoms with van der Waals surface area (Å²) >= 11 is 0. The Balaban J connectivity index is 2.16. The van der Waals surface area contributed by atoms with E-state index in [2.05, 4.69) is 101 Å². The molecule has 2 heterocycles. The molecule has 0 atom stereocenters. The lowest BCUT2D eigenvalue weighted by molar-refractivity contribution is 0.279. The average Bonchev–Trinajstić information content (AvgIpc) is 2.92. The molecule has 2 aromatic carbocycles. The molecule has 0 saturated carbocycles. The number of hydrogen-bond acceptors (Lipinski definition) is 0. The van der Waals surface area contributed by atoms with E-state index in [0.717, 1.165) is 0 Å². The van der Waals surface area contributed by atoms with E-state index in [1.807, 2.05) is 0 Å². The van der Waals surface area contributed by atoms with Gasteiger partial charge in [-0.3, -0.25) is 0 Å². The lowest BCUT2D eigenvalue weighted by Crippen LogP contribution is -2.46. The predicted molar refractivity (Wildman–Crippen MR) is 107 cm³/mol. The Morgan fingerprint density at radius 3 is 2.12 bits per heavy atom. The van der Waals surface area contributed by atoms with Crippen molar-refractivity contribution in [3.05, 3.63) is 77.1 Å². The Bertz CT molecular complexity index is 955. The molecule has 1 nitrogen and oxygen atoms in total. The van der Waals surface area contributed by atoms with Gasteiger partial charge >= 0.3 is 0 Å². The molecule has 1 aromatic heterocycles. The summed E-state index contributed by atoms with van der Waals surface area (Å²) in [4.78, 5) is 0. The molecule has 0 N–H and O–H groups in total. The topological polar surface area (TPSA) is 4.93 Å². The highest BCUT2D eigenvalue weighted by atomic mass is 15.0. The first kappa shape index (κ1) is 16.2. The maximum absolute atomic E-state index is 2.51. The fourth-order valence-electron chi connectivity index (χ4n) is 4.47. The van der Waals surface area contributed by atoms with Gasteiger partial charge in [0.2, 0.25) is 0 Å². The average molecular weight is 329 g/mol. The molecule has 0 unspecified atom stereocenters. The summed E-state index contributed by atoms with van der Waals surface area (Å²) in [6, 6.07) is 19.9. The predicted octanol–water partition coefficient (Wildman–Crippen LogP) is 6.33. The fraction of sp³-hybridized carbons (Fsp3) is 0.333. The summed E-state index contributed by atoms with van der Waals surface area (Å²) in [5.74, 6) is 0. The van der Waals surface area contributed by atoms with Crippen LogP contribution in [0.4, 0.5) is 0 Å². The van der Waals surface area contributed by atoms with Crippen LogP contribution in [0.25, 0.3) is 16.8 Å². The van der Waals surface area contributed by atoms with Gasteiger partial charge in [0.1, 0.15) is 0 Å². The molecular weight excluding hydrogens is 302 g/mol. The largest absolute Gasteiger partial charge is 0.316 e. The second-order valence-corrected chi connectivity index (χ2v) is 8.47. The molecule has 0 spiro atoms. The van der Waals surface area contributed by atoms with Gasteiger partial charge in [0.25, 0.3) is 0 Å². The van der Waals surface area contributed by atoms with Crippen molar-refractivity contribution in [2.75, 3.05) is 0 Å². The van der Waals surface area contributed by atoms with E-state index in [1.165, 1.54) is 39.3 Å². The van der Waals surface area contributed by atoms with Gasteiger partial charge in [-0.1, -0.05) is 76.2 Å². The van der Waals surface area contributed by atoms with Crippen LogP contribution in [0.3, 0.4) is 0 Å². The number of fused-ring (bicyclic) bond motifs is 3. The minimum Gasteiger partial charge on any atom is -0.316 e. The van der Waals surface area contributed by atoms with Crippen LogP contribution in [0.15, 0.2) is 54.6 Å². The fourth-order valence-corrected chi connectivity index (χ4v) is 4.47. The molecule has 0 aliphatic carbocycles.